The summed E-state index contributed by atoms with van der Waals surface area (Å²) in [5.41, 5.74) is 0.893. The Morgan fingerprint density at radius 2 is 1.56 bits per heavy atom. The molecule has 0 saturated carbocycles. The van der Waals surface area contributed by atoms with Gasteiger partial charge in [0.05, 0.1) is 0 Å². The van der Waals surface area contributed by atoms with Crippen molar-refractivity contribution >= 4 is 5.78 Å². The van der Waals surface area contributed by atoms with Crippen LogP contribution in [0, 0.1) is 5.92 Å². The third-order valence-corrected chi connectivity index (χ3v) is 3.62. The van der Waals surface area contributed by atoms with Crippen molar-refractivity contribution in [1.29, 1.82) is 0 Å². The average molecular weight is 245 g/mol. The maximum atomic E-state index is 12.5. The van der Waals surface area contributed by atoms with E-state index in [2.05, 4.69) is 33.0 Å². The molecule has 1 aliphatic heterocycles. The van der Waals surface area contributed by atoms with Crippen LogP contribution in [0.3, 0.4) is 0 Å². The second kappa shape index (κ2) is 4.51. The van der Waals surface area contributed by atoms with Gasteiger partial charge in [0.1, 0.15) is 0 Å². The van der Waals surface area contributed by atoms with Crippen molar-refractivity contribution in [2.75, 3.05) is 0 Å². The van der Waals surface area contributed by atoms with Crippen LogP contribution in [0.25, 0.3) is 0 Å². The highest BCUT2D eigenvalue weighted by atomic mass is 16.1. The maximum Gasteiger partial charge on any atom is 0.166 e. The van der Waals surface area contributed by atoms with E-state index in [1.54, 1.807) is 0 Å². The van der Waals surface area contributed by atoms with Crippen molar-refractivity contribution in [3.05, 3.63) is 35.9 Å². The van der Waals surface area contributed by atoms with E-state index >= 15 is 0 Å². The predicted molar refractivity (Wildman–Crippen MR) is 74.8 cm³/mol. The van der Waals surface area contributed by atoms with Crippen LogP contribution >= 0.6 is 0 Å². The summed E-state index contributed by atoms with van der Waals surface area (Å²) in [7, 11) is 0. The van der Waals surface area contributed by atoms with E-state index in [0.29, 0.717) is 5.78 Å². The second-order valence-corrected chi connectivity index (χ2v) is 6.73. The fraction of sp³-hybridized carbons (Fsp3) is 0.562. The third kappa shape index (κ3) is 2.99. The zero-order chi connectivity index (χ0) is 13.4. The number of nitrogens with one attached hydrogen (secondary N) is 1. The Balaban J connectivity index is 2.21. The molecule has 0 bridgehead atoms. The molecule has 1 fully saturated rings. The quantitative estimate of drug-likeness (QED) is 0.809. The van der Waals surface area contributed by atoms with E-state index in [1.807, 2.05) is 30.3 Å². The molecule has 1 aromatic carbocycles. The molecular weight excluding hydrogens is 222 g/mol. The number of carbonyl (C=O) groups excluding carboxylic acids is 1. The number of benzene rings is 1. The predicted octanol–water partition coefficient (Wildman–Crippen LogP) is 3.43. The van der Waals surface area contributed by atoms with Crippen LogP contribution in [0.15, 0.2) is 30.3 Å². The Morgan fingerprint density at radius 1 is 1.06 bits per heavy atom. The van der Waals surface area contributed by atoms with Gasteiger partial charge in [0.2, 0.25) is 0 Å². The summed E-state index contributed by atoms with van der Waals surface area (Å²) in [4.78, 5) is 12.5. The molecule has 98 valence electrons. The topological polar surface area (TPSA) is 29.1 Å². The van der Waals surface area contributed by atoms with Crippen LogP contribution in [-0.4, -0.2) is 16.9 Å². The molecular formula is C16H23NO. The first-order chi connectivity index (χ1) is 8.29. The SMILES string of the molecule is CC1(C)CC(C(=O)c2ccccc2)CC(C)(C)N1. The average Bonchev–Trinajstić information content (AvgIpc) is 2.25. The van der Waals surface area contributed by atoms with E-state index < -0.39 is 0 Å². The van der Waals surface area contributed by atoms with Gasteiger partial charge in [-0.3, -0.25) is 4.79 Å². The van der Waals surface area contributed by atoms with Crippen LogP contribution in [0.5, 0.6) is 0 Å². The molecule has 2 rings (SSSR count). The Morgan fingerprint density at radius 3 is 2.06 bits per heavy atom. The maximum absolute atomic E-state index is 12.5. The number of carbonyl (C=O) groups is 1. The molecule has 0 aliphatic carbocycles. The van der Waals surface area contributed by atoms with Gasteiger partial charge < -0.3 is 5.32 Å². The first kappa shape index (κ1) is 13.3. The molecule has 0 aromatic heterocycles. The number of hydrogen-bond acceptors (Lipinski definition) is 2. The molecule has 1 saturated heterocycles. The summed E-state index contributed by atoms with van der Waals surface area (Å²) >= 11 is 0. The number of rotatable bonds is 2. The lowest BCUT2D eigenvalue weighted by Crippen LogP contribution is -2.58. The van der Waals surface area contributed by atoms with Crippen molar-refractivity contribution in [1.82, 2.24) is 5.32 Å². The van der Waals surface area contributed by atoms with Crippen LogP contribution in [-0.2, 0) is 0 Å². The smallest absolute Gasteiger partial charge is 0.166 e. The largest absolute Gasteiger partial charge is 0.307 e. The minimum atomic E-state index is 0.0247. The molecule has 0 atom stereocenters. The number of Topliss-reactive ketones (excluding diaryl/α,β-unsaturated/α-hetero) is 1. The van der Waals surface area contributed by atoms with Crippen molar-refractivity contribution in [3.8, 4) is 0 Å². The van der Waals surface area contributed by atoms with Crippen molar-refractivity contribution < 1.29 is 4.79 Å². The van der Waals surface area contributed by atoms with Gasteiger partial charge in [0.15, 0.2) is 5.78 Å². The molecule has 0 amide bonds. The van der Waals surface area contributed by atoms with Gasteiger partial charge in [-0.1, -0.05) is 30.3 Å². The molecule has 2 heteroatoms. The summed E-state index contributed by atoms with van der Waals surface area (Å²) in [6.45, 7) is 8.72. The lowest BCUT2D eigenvalue weighted by molar-refractivity contribution is 0.0735. The molecule has 0 unspecified atom stereocenters. The normalized spacial score (nSPS) is 22.7. The summed E-state index contributed by atoms with van der Waals surface area (Å²) in [5.74, 6) is 0.414. The zero-order valence-corrected chi connectivity index (χ0v) is 11.8. The monoisotopic (exact) mass is 245 g/mol. The molecule has 0 spiro atoms. The summed E-state index contributed by atoms with van der Waals surface area (Å²) < 4.78 is 0. The third-order valence-electron chi connectivity index (χ3n) is 3.62. The van der Waals surface area contributed by atoms with Gasteiger partial charge in [0.25, 0.3) is 0 Å². The molecule has 2 nitrogen and oxygen atoms in total. The van der Waals surface area contributed by atoms with E-state index in [-0.39, 0.29) is 17.0 Å². The van der Waals surface area contributed by atoms with Crippen molar-refractivity contribution in [2.24, 2.45) is 5.92 Å². The molecule has 18 heavy (non-hydrogen) atoms. The second-order valence-electron chi connectivity index (χ2n) is 6.73. The van der Waals surface area contributed by atoms with Crippen LogP contribution in [0.1, 0.15) is 50.9 Å². The summed E-state index contributed by atoms with van der Waals surface area (Å²) in [6, 6.07) is 9.66. The van der Waals surface area contributed by atoms with Crippen LogP contribution in [0.4, 0.5) is 0 Å². The summed E-state index contributed by atoms with van der Waals surface area (Å²) in [6.07, 6.45) is 1.81. The van der Waals surface area contributed by atoms with Gasteiger partial charge in [0, 0.05) is 22.6 Å². The number of ketones is 1. The minimum absolute atomic E-state index is 0.0247. The van der Waals surface area contributed by atoms with E-state index in [9.17, 15) is 4.79 Å². The molecule has 1 N–H and O–H groups in total. The fourth-order valence-electron chi connectivity index (χ4n) is 3.35. The van der Waals surface area contributed by atoms with Crippen molar-refractivity contribution in [2.45, 2.75) is 51.6 Å². The van der Waals surface area contributed by atoms with Gasteiger partial charge in [-0.15, -0.1) is 0 Å². The van der Waals surface area contributed by atoms with Crippen LogP contribution < -0.4 is 5.32 Å². The standard InChI is InChI=1S/C16H23NO/c1-15(2)10-13(11-16(3,4)17-15)14(18)12-8-6-5-7-9-12/h5-9,13,17H,10-11H2,1-4H3. The minimum Gasteiger partial charge on any atom is -0.307 e. The summed E-state index contributed by atoms with van der Waals surface area (Å²) in [5, 5.41) is 3.62. The highest BCUT2D eigenvalue weighted by Crippen LogP contribution is 2.34. The molecule has 0 radical (unpaired) electrons. The Hall–Kier alpha value is -1.15. The van der Waals surface area contributed by atoms with Gasteiger partial charge in [-0.2, -0.15) is 0 Å². The lowest BCUT2D eigenvalue weighted by atomic mass is 9.73. The number of hydrogen-bond donors (Lipinski definition) is 1. The van der Waals surface area contributed by atoms with E-state index in [4.69, 9.17) is 0 Å². The van der Waals surface area contributed by atoms with Gasteiger partial charge in [-0.25, -0.2) is 0 Å². The molecule has 1 heterocycles. The lowest BCUT2D eigenvalue weighted by Gasteiger charge is -2.46. The molecule has 1 aliphatic rings. The molecule has 1 aromatic rings. The van der Waals surface area contributed by atoms with Gasteiger partial charge in [-0.05, 0) is 40.5 Å². The number of piperidine rings is 1. The van der Waals surface area contributed by atoms with Gasteiger partial charge >= 0.3 is 0 Å². The van der Waals surface area contributed by atoms with Crippen molar-refractivity contribution in [3.63, 3.8) is 0 Å². The first-order valence-corrected chi connectivity index (χ1v) is 6.68. The fourth-order valence-corrected chi connectivity index (χ4v) is 3.35. The highest BCUT2D eigenvalue weighted by Gasteiger charge is 2.40. The van der Waals surface area contributed by atoms with E-state index in [1.165, 1.54) is 0 Å². The Labute approximate surface area is 110 Å². The Kier molecular flexibility index (Phi) is 3.33. The first-order valence-electron chi connectivity index (χ1n) is 6.68. The van der Waals surface area contributed by atoms with E-state index in [0.717, 1.165) is 18.4 Å². The Bertz CT molecular complexity index is 418. The zero-order valence-electron chi connectivity index (χ0n) is 11.8. The highest BCUT2D eigenvalue weighted by molar-refractivity contribution is 5.98. The van der Waals surface area contributed by atoms with Crippen LogP contribution in [0.2, 0.25) is 0 Å².